The lowest BCUT2D eigenvalue weighted by Gasteiger charge is -2.28. The zero-order chi connectivity index (χ0) is 14.1. The molecule has 110 valence electrons. The van der Waals surface area contributed by atoms with E-state index in [1.165, 1.54) is 49.2 Å². The van der Waals surface area contributed by atoms with Crippen LogP contribution in [-0.4, -0.2) is 38.1 Å². The first kappa shape index (κ1) is 13.9. The summed E-state index contributed by atoms with van der Waals surface area (Å²) in [6.07, 6.45) is 3.66. The van der Waals surface area contributed by atoms with E-state index in [-0.39, 0.29) is 0 Å². The molecule has 0 aliphatic carbocycles. The lowest BCUT2D eigenvalue weighted by atomic mass is 9.92. The third-order valence-electron chi connectivity index (χ3n) is 5.01. The van der Waals surface area contributed by atoms with Crippen LogP contribution >= 0.6 is 0 Å². The number of hydrogen-bond donors (Lipinski definition) is 1. The molecule has 3 rings (SSSR count). The molecule has 2 atom stereocenters. The van der Waals surface area contributed by atoms with Gasteiger partial charge in [-0.2, -0.15) is 0 Å². The minimum Gasteiger partial charge on any atom is -0.374 e. The van der Waals surface area contributed by atoms with Gasteiger partial charge in [0.2, 0.25) is 0 Å². The van der Waals surface area contributed by atoms with Crippen molar-refractivity contribution in [3.63, 3.8) is 0 Å². The van der Waals surface area contributed by atoms with Gasteiger partial charge in [0.25, 0.3) is 0 Å². The molecule has 0 radical (unpaired) electrons. The van der Waals surface area contributed by atoms with Crippen molar-refractivity contribution in [1.29, 1.82) is 0 Å². The highest BCUT2D eigenvalue weighted by atomic mass is 15.2. The quantitative estimate of drug-likeness (QED) is 0.914. The molecule has 2 aliphatic heterocycles. The second-order valence-electron chi connectivity index (χ2n) is 6.32. The Morgan fingerprint density at radius 1 is 1.30 bits per heavy atom. The Labute approximate surface area is 122 Å². The summed E-state index contributed by atoms with van der Waals surface area (Å²) >= 11 is 0. The van der Waals surface area contributed by atoms with Crippen molar-refractivity contribution < 1.29 is 0 Å². The fourth-order valence-electron chi connectivity index (χ4n) is 3.97. The fraction of sp³-hybridized carbons (Fsp3) is 0.647. The van der Waals surface area contributed by atoms with Crippen LogP contribution in [0.25, 0.3) is 0 Å². The average molecular weight is 273 g/mol. The van der Waals surface area contributed by atoms with E-state index < -0.39 is 0 Å². The Morgan fingerprint density at radius 2 is 2.15 bits per heavy atom. The average Bonchev–Trinajstić information content (AvgIpc) is 3.03. The van der Waals surface area contributed by atoms with E-state index in [0.717, 1.165) is 13.1 Å². The van der Waals surface area contributed by atoms with Crippen molar-refractivity contribution in [1.82, 2.24) is 4.90 Å². The predicted octanol–water partition coefficient (Wildman–Crippen LogP) is 2.41. The number of likely N-dealkylation sites (N-methyl/N-ethyl adjacent to an activating group) is 1. The van der Waals surface area contributed by atoms with Crippen molar-refractivity contribution >= 4 is 5.69 Å². The van der Waals surface area contributed by atoms with Crippen molar-refractivity contribution in [2.75, 3.05) is 38.1 Å². The topological polar surface area (TPSA) is 32.5 Å². The minimum absolute atomic E-state index is 0.538. The van der Waals surface area contributed by atoms with Crippen molar-refractivity contribution in [3.05, 3.63) is 29.3 Å². The molecule has 1 fully saturated rings. The summed E-state index contributed by atoms with van der Waals surface area (Å²) in [7, 11) is 2.19. The van der Waals surface area contributed by atoms with Gasteiger partial charge in [0.05, 0.1) is 0 Å². The molecule has 2 heterocycles. The molecule has 2 unspecified atom stereocenters. The highest BCUT2D eigenvalue weighted by Crippen LogP contribution is 2.39. The number of likely N-dealkylation sites (tertiary alicyclic amines) is 1. The van der Waals surface area contributed by atoms with E-state index in [1.54, 1.807) is 0 Å². The van der Waals surface area contributed by atoms with Gasteiger partial charge in [0.15, 0.2) is 0 Å². The molecule has 0 saturated carbocycles. The Hall–Kier alpha value is -1.06. The summed E-state index contributed by atoms with van der Waals surface area (Å²) in [4.78, 5) is 5.00. The van der Waals surface area contributed by atoms with Crippen LogP contribution in [0.1, 0.15) is 36.9 Å². The molecule has 0 amide bonds. The van der Waals surface area contributed by atoms with Crippen LogP contribution in [0.2, 0.25) is 0 Å². The third kappa shape index (κ3) is 2.33. The second-order valence-corrected chi connectivity index (χ2v) is 6.32. The van der Waals surface area contributed by atoms with Crippen LogP contribution in [0, 0.1) is 5.92 Å². The molecule has 0 aromatic heterocycles. The number of fused-ring (bicyclic) bond motifs is 1. The van der Waals surface area contributed by atoms with E-state index in [2.05, 4.69) is 42.0 Å². The molecule has 20 heavy (non-hydrogen) atoms. The summed E-state index contributed by atoms with van der Waals surface area (Å²) < 4.78 is 0. The molecule has 0 spiro atoms. The summed E-state index contributed by atoms with van der Waals surface area (Å²) in [6.45, 7) is 6.63. The van der Waals surface area contributed by atoms with Crippen LogP contribution in [0.5, 0.6) is 0 Å². The van der Waals surface area contributed by atoms with E-state index in [1.807, 2.05) is 0 Å². The SMILES string of the molecule is CCCN1CCC(CN)C1c1ccc2c(c1)CCN2C. The zero-order valence-electron chi connectivity index (χ0n) is 12.8. The second kappa shape index (κ2) is 5.74. The predicted molar refractivity (Wildman–Crippen MR) is 85.2 cm³/mol. The summed E-state index contributed by atoms with van der Waals surface area (Å²) in [5, 5.41) is 0. The Morgan fingerprint density at radius 3 is 2.90 bits per heavy atom. The van der Waals surface area contributed by atoms with Crippen LogP contribution < -0.4 is 10.6 Å². The van der Waals surface area contributed by atoms with E-state index in [9.17, 15) is 0 Å². The maximum Gasteiger partial charge on any atom is 0.0397 e. The minimum atomic E-state index is 0.538. The Bertz CT molecular complexity index is 471. The van der Waals surface area contributed by atoms with E-state index in [0.29, 0.717) is 12.0 Å². The number of nitrogens with zero attached hydrogens (tertiary/aromatic N) is 2. The van der Waals surface area contributed by atoms with Crippen LogP contribution in [0.15, 0.2) is 18.2 Å². The zero-order valence-corrected chi connectivity index (χ0v) is 12.8. The monoisotopic (exact) mass is 273 g/mol. The number of benzene rings is 1. The molecule has 1 saturated heterocycles. The normalized spacial score (nSPS) is 26.2. The summed E-state index contributed by atoms with van der Waals surface area (Å²) in [5.41, 5.74) is 10.4. The third-order valence-corrected chi connectivity index (χ3v) is 5.01. The lowest BCUT2D eigenvalue weighted by molar-refractivity contribution is 0.230. The fourth-order valence-corrected chi connectivity index (χ4v) is 3.97. The molecule has 3 nitrogen and oxygen atoms in total. The first-order valence-electron chi connectivity index (χ1n) is 8.02. The summed E-state index contributed by atoms with van der Waals surface area (Å²) in [6, 6.07) is 7.63. The number of hydrogen-bond acceptors (Lipinski definition) is 3. The van der Waals surface area contributed by atoms with E-state index >= 15 is 0 Å². The Balaban J connectivity index is 1.89. The van der Waals surface area contributed by atoms with Gasteiger partial charge < -0.3 is 10.6 Å². The Kier molecular flexibility index (Phi) is 3.99. The lowest BCUT2D eigenvalue weighted by Crippen LogP contribution is -2.29. The van der Waals surface area contributed by atoms with Crippen molar-refractivity contribution in [2.24, 2.45) is 11.7 Å². The molecule has 1 aromatic carbocycles. The molecular formula is C17H27N3. The van der Waals surface area contributed by atoms with Crippen LogP contribution in [0.4, 0.5) is 5.69 Å². The smallest absolute Gasteiger partial charge is 0.0397 e. The van der Waals surface area contributed by atoms with Gasteiger partial charge in [-0.05, 0) is 62.0 Å². The molecule has 2 aliphatic rings. The number of anilines is 1. The van der Waals surface area contributed by atoms with Gasteiger partial charge in [-0.1, -0.05) is 19.1 Å². The van der Waals surface area contributed by atoms with Gasteiger partial charge in [0, 0.05) is 25.3 Å². The molecule has 1 aromatic rings. The van der Waals surface area contributed by atoms with Gasteiger partial charge in [-0.25, -0.2) is 0 Å². The van der Waals surface area contributed by atoms with Crippen LogP contribution in [0.3, 0.4) is 0 Å². The number of nitrogens with two attached hydrogens (primary N) is 1. The van der Waals surface area contributed by atoms with Gasteiger partial charge >= 0.3 is 0 Å². The maximum atomic E-state index is 6.02. The highest BCUT2D eigenvalue weighted by molar-refractivity contribution is 5.58. The molecular weight excluding hydrogens is 246 g/mol. The first-order valence-corrected chi connectivity index (χ1v) is 8.02. The molecule has 2 N–H and O–H groups in total. The molecule has 0 bridgehead atoms. The van der Waals surface area contributed by atoms with Gasteiger partial charge in [0.1, 0.15) is 0 Å². The van der Waals surface area contributed by atoms with Crippen molar-refractivity contribution in [3.8, 4) is 0 Å². The van der Waals surface area contributed by atoms with E-state index in [4.69, 9.17) is 5.73 Å². The summed E-state index contributed by atoms with van der Waals surface area (Å²) in [5.74, 6) is 0.624. The highest BCUT2D eigenvalue weighted by Gasteiger charge is 2.34. The standard InChI is InChI=1S/C17H27N3/c1-3-8-20-10-7-15(12-18)17(20)14-4-5-16-13(11-14)6-9-19(16)2/h4-5,11,15,17H,3,6-10,12,18H2,1-2H3. The van der Waals surface area contributed by atoms with Crippen LogP contribution in [-0.2, 0) is 6.42 Å². The van der Waals surface area contributed by atoms with Crippen molar-refractivity contribution in [2.45, 2.75) is 32.2 Å². The van der Waals surface area contributed by atoms with Gasteiger partial charge in [-0.15, -0.1) is 0 Å². The first-order chi connectivity index (χ1) is 9.74. The largest absolute Gasteiger partial charge is 0.374 e. The van der Waals surface area contributed by atoms with Gasteiger partial charge in [-0.3, -0.25) is 4.90 Å². The maximum absolute atomic E-state index is 6.02. The number of rotatable bonds is 4. The molecule has 3 heteroatoms.